The number of hydrogen-bond donors (Lipinski definition) is 2. The van der Waals surface area contributed by atoms with E-state index in [9.17, 15) is 9.59 Å². The Hall–Kier alpha value is -1.14. The second-order valence-corrected chi connectivity index (χ2v) is 5.69. The third-order valence-corrected chi connectivity index (χ3v) is 4.13. The van der Waals surface area contributed by atoms with Gasteiger partial charge in [0.05, 0.1) is 5.92 Å². The van der Waals surface area contributed by atoms with Crippen molar-refractivity contribution >= 4 is 11.8 Å². The number of rotatable bonds is 4. The van der Waals surface area contributed by atoms with Crippen LogP contribution in [-0.2, 0) is 9.59 Å². The summed E-state index contributed by atoms with van der Waals surface area (Å²) in [5.41, 5.74) is 0. The molecule has 2 heterocycles. The molecule has 114 valence electrons. The quantitative estimate of drug-likeness (QED) is 0.713. The van der Waals surface area contributed by atoms with Crippen molar-refractivity contribution in [3.63, 3.8) is 0 Å². The number of carbonyl (C=O) groups excluding carboxylic acids is 2. The van der Waals surface area contributed by atoms with Crippen molar-refractivity contribution in [3.8, 4) is 0 Å². The predicted octanol–water partition coefficient (Wildman–Crippen LogP) is -0.734. The molecule has 0 aromatic rings. The number of hydrogen-bond acceptors (Lipinski definition) is 4. The Morgan fingerprint density at radius 3 is 2.60 bits per heavy atom. The molecule has 1 unspecified atom stereocenters. The number of amides is 2. The maximum atomic E-state index is 12.4. The summed E-state index contributed by atoms with van der Waals surface area (Å²) in [6.07, 6.45) is 2.13. The molecular formula is C14H26N4O2. The normalized spacial score (nSPS) is 24.4. The SMILES string of the molecule is CC(=O)NCCN1CCN(C(=O)C2CCCNC2)CC1. The predicted molar refractivity (Wildman–Crippen MR) is 77.3 cm³/mol. The minimum atomic E-state index is 0.0172. The van der Waals surface area contributed by atoms with E-state index in [4.69, 9.17) is 0 Å². The van der Waals surface area contributed by atoms with Gasteiger partial charge in [0.15, 0.2) is 0 Å². The van der Waals surface area contributed by atoms with Crippen LogP contribution < -0.4 is 10.6 Å². The average molecular weight is 282 g/mol. The van der Waals surface area contributed by atoms with Gasteiger partial charge in [-0.15, -0.1) is 0 Å². The van der Waals surface area contributed by atoms with Crippen molar-refractivity contribution in [2.75, 3.05) is 52.4 Å². The minimum absolute atomic E-state index is 0.0172. The smallest absolute Gasteiger partial charge is 0.227 e. The molecule has 6 heteroatoms. The van der Waals surface area contributed by atoms with Crippen molar-refractivity contribution in [1.29, 1.82) is 0 Å². The van der Waals surface area contributed by atoms with Crippen LogP contribution >= 0.6 is 0 Å². The summed E-state index contributed by atoms with van der Waals surface area (Å²) in [4.78, 5) is 27.5. The standard InChI is InChI=1S/C14H26N4O2/c1-12(19)16-5-6-17-7-9-18(10-8-17)14(20)13-3-2-4-15-11-13/h13,15H,2-11H2,1H3,(H,16,19). The number of carbonyl (C=O) groups is 2. The highest BCUT2D eigenvalue weighted by Gasteiger charge is 2.28. The van der Waals surface area contributed by atoms with E-state index in [0.717, 1.165) is 58.7 Å². The van der Waals surface area contributed by atoms with Gasteiger partial charge in [-0.2, -0.15) is 0 Å². The summed E-state index contributed by atoms with van der Waals surface area (Å²) in [5, 5.41) is 6.11. The average Bonchev–Trinajstić information content (AvgIpc) is 2.48. The zero-order chi connectivity index (χ0) is 14.4. The summed E-state index contributed by atoms with van der Waals surface area (Å²) in [6.45, 7) is 8.42. The fourth-order valence-electron chi connectivity index (χ4n) is 2.90. The first-order valence-corrected chi connectivity index (χ1v) is 7.63. The van der Waals surface area contributed by atoms with E-state index >= 15 is 0 Å². The van der Waals surface area contributed by atoms with Gasteiger partial charge in [0.1, 0.15) is 0 Å². The number of nitrogens with one attached hydrogen (secondary N) is 2. The Morgan fingerprint density at radius 1 is 1.25 bits per heavy atom. The van der Waals surface area contributed by atoms with Gasteiger partial charge in [0, 0.05) is 52.7 Å². The van der Waals surface area contributed by atoms with Crippen molar-refractivity contribution in [2.45, 2.75) is 19.8 Å². The molecule has 2 saturated heterocycles. The molecule has 0 saturated carbocycles. The summed E-state index contributed by atoms with van der Waals surface area (Å²) < 4.78 is 0. The molecule has 0 aromatic carbocycles. The van der Waals surface area contributed by atoms with E-state index in [-0.39, 0.29) is 11.8 Å². The summed E-state index contributed by atoms with van der Waals surface area (Å²) >= 11 is 0. The minimum Gasteiger partial charge on any atom is -0.355 e. The van der Waals surface area contributed by atoms with Crippen molar-refractivity contribution in [2.24, 2.45) is 5.92 Å². The van der Waals surface area contributed by atoms with E-state index in [0.29, 0.717) is 12.5 Å². The van der Waals surface area contributed by atoms with Crippen LogP contribution in [0.1, 0.15) is 19.8 Å². The fraction of sp³-hybridized carbons (Fsp3) is 0.857. The van der Waals surface area contributed by atoms with Crippen LogP contribution in [0.25, 0.3) is 0 Å². The lowest BCUT2D eigenvalue weighted by Gasteiger charge is -2.37. The molecule has 0 bridgehead atoms. The maximum absolute atomic E-state index is 12.4. The van der Waals surface area contributed by atoms with E-state index in [1.807, 2.05) is 4.90 Å². The lowest BCUT2D eigenvalue weighted by Crippen LogP contribution is -2.53. The molecule has 0 radical (unpaired) electrons. The molecule has 20 heavy (non-hydrogen) atoms. The van der Waals surface area contributed by atoms with Crippen LogP contribution in [-0.4, -0.2) is 74.0 Å². The van der Waals surface area contributed by atoms with E-state index < -0.39 is 0 Å². The van der Waals surface area contributed by atoms with Crippen LogP contribution in [0.5, 0.6) is 0 Å². The molecule has 2 aliphatic rings. The van der Waals surface area contributed by atoms with Gasteiger partial charge in [0.2, 0.25) is 11.8 Å². The van der Waals surface area contributed by atoms with E-state index in [2.05, 4.69) is 15.5 Å². The second-order valence-electron chi connectivity index (χ2n) is 5.69. The second kappa shape index (κ2) is 7.59. The van der Waals surface area contributed by atoms with Crippen molar-refractivity contribution < 1.29 is 9.59 Å². The monoisotopic (exact) mass is 282 g/mol. The zero-order valence-electron chi connectivity index (χ0n) is 12.4. The van der Waals surface area contributed by atoms with Gasteiger partial charge >= 0.3 is 0 Å². The molecule has 2 fully saturated rings. The highest BCUT2D eigenvalue weighted by molar-refractivity contribution is 5.79. The number of piperidine rings is 1. The lowest BCUT2D eigenvalue weighted by molar-refractivity contribution is -0.137. The Balaban J connectivity index is 1.68. The number of piperazine rings is 1. The Morgan fingerprint density at radius 2 is 2.00 bits per heavy atom. The Bertz CT molecular complexity index is 334. The molecular weight excluding hydrogens is 256 g/mol. The maximum Gasteiger partial charge on any atom is 0.227 e. The van der Waals surface area contributed by atoms with Crippen LogP contribution in [0.15, 0.2) is 0 Å². The molecule has 2 amide bonds. The van der Waals surface area contributed by atoms with Crippen LogP contribution in [0.4, 0.5) is 0 Å². The summed E-state index contributed by atoms with van der Waals surface area (Å²) in [5.74, 6) is 0.511. The molecule has 0 aliphatic carbocycles. The topological polar surface area (TPSA) is 64.7 Å². The molecule has 2 N–H and O–H groups in total. The van der Waals surface area contributed by atoms with Gasteiger partial charge in [-0.1, -0.05) is 0 Å². The van der Waals surface area contributed by atoms with Gasteiger partial charge in [-0.25, -0.2) is 0 Å². The van der Waals surface area contributed by atoms with Gasteiger partial charge in [-0.05, 0) is 19.4 Å². The highest BCUT2D eigenvalue weighted by atomic mass is 16.2. The molecule has 2 rings (SSSR count). The third-order valence-electron chi connectivity index (χ3n) is 4.13. The van der Waals surface area contributed by atoms with E-state index in [1.165, 1.54) is 6.92 Å². The Labute approximate surface area is 120 Å². The van der Waals surface area contributed by atoms with Crippen molar-refractivity contribution in [1.82, 2.24) is 20.4 Å². The zero-order valence-corrected chi connectivity index (χ0v) is 12.4. The van der Waals surface area contributed by atoms with E-state index in [1.54, 1.807) is 0 Å². The van der Waals surface area contributed by atoms with Gasteiger partial charge < -0.3 is 15.5 Å². The molecule has 0 spiro atoms. The first kappa shape index (κ1) is 15.3. The van der Waals surface area contributed by atoms with Crippen molar-refractivity contribution in [3.05, 3.63) is 0 Å². The fourth-order valence-corrected chi connectivity index (χ4v) is 2.90. The third kappa shape index (κ3) is 4.45. The molecule has 6 nitrogen and oxygen atoms in total. The van der Waals surface area contributed by atoms with Crippen LogP contribution in [0, 0.1) is 5.92 Å². The largest absolute Gasteiger partial charge is 0.355 e. The first-order chi connectivity index (χ1) is 9.66. The van der Waals surface area contributed by atoms with Gasteiger partial charge in [0.25, 0.3) is 0 Å². The Kier molecular flexibility index (Phi) is 5.79. The van der Waals surface area contributed by atoms with Crippen LogP contribution in [0.2, 0.25) is 0 Å². The van der Waals surface area contributed by atoms with Crippen LogP contribution in [0.3, 0.4) is 0 Å². The lowest BCUT2D eigenvalue weighted by atomic mass is 9.98. The van der Waals surface area contributed by atoms with Gasteiger partial charge in [-0.3, -0.25) is 14.5 Å². The molecule has 2 aliphatic heterocycles. The molecule has 0 aromatic heterocycles. The first-order valence-electron chi connectivity index (χ1n) is 7.63. The number of nitrogens with zero attached hydrogens (tertiary/aromatic N) is 2. The summed E-state index contributed by atoms with van der Waals surface area (Å²) in [6, 6.07) is 0. The summed E-state index contributed by atoms with van der Waals surface area (Å²) in [7, 11) is 0. The molecule has 1 atom stereocenters. The highest BCUT2D eigenvalue weighted by Crippen LogP contribution is 2.14.